The van der Waals surface area contributed by atoms with Crippen LogP contribution in [0, 0.1) is 11.7 Å². The molecule has 40 heavy (non-hydrogen) atoms. The molecule has 2 unspecified atom stereocenters. The number of thiophene rings is 1. The number of benzene rings is 3. The number of nitrogens with zero attached hydrogens (tertiary/aromatic N) is 2. The highest BCUT2D eigenvalue weighted by molar-refractivity contribution is 7.08. The third-order valence-corrected chi connectivity index (χ3v) is 9.72. The normalized spacial score (nSPS) is 21.2. The van der Waals surface area contributed by atoms with Crippen molar-refractivity contribution in [1.29, 1.82) is 0 Å². The van der Waals surface area contributed by atoms with E-state index < -0.39 is 5.60 Å². The minimum absolute atomic E-state index is 0.119. The van der Waals surface area contributed by atoms with Crippen molar-refractivity contribution in [2.75, 3.05) is 32.7 Å². The summed E-state index contributed by atoms with van der Waals surface area (Å²) in [6.07, 6.45) is 4.07. The predicted molar refractivity (Wildman–Crippen MR) is 160 cm³/mol. The van der Waals surface area contributed by atoms with Crippen molar-refractivity contribution in [3.8, 4) is 0 Å². The molecule has 3 aromatic carbocycles. The third kappa shape index (κ3) is 5.99. The topological polar surface area (TPSA) is 43.8 Å². The highest BCUT2D eigenvalue weighted by Crippen LogP contribution is 2.37. The molecular formula is C34H37FN2O2S. The standard InChI is InChI=1S/C34H37FN2O2S/c35-29-12-10-25(11-13-29)5-4-15-34(39)16-18-36(19-17-34)21-28-22-37(23-32(28)27-14-20-40-24-27)33(38)31-9-3-7-26-6-1-2-8-30(26)31/h1-3,6-14,20,24,28,32,39H,4-5,15-19,21-23H2. The van der Waals surface area contributed by atoms with Gasteiger partial charge in [-0.15, -0.1) is 0 Å². The second-order valence-electron chi connectivity index (χ2n) is 11.7. The Hall–Kier alpha value is -3.06. The quantitative estimate of drug-likeness (QED) is 0.261. The van der Waals surface area contributed by atoms with Crippen LogP contribution in [0.4, 0.5) is 4.39 Å². The Morgan fingerprint density at radius 1 is 0.975 bits per heavy atom. The lowest BCUT2D eigenvalue weighted by molar-refractivity contribution is -0.0315. The lowest BCUT2D eigenvalue weighted by Crippen LogP contribution is -2.46. The summed E-state index contributed by atoms with van der Waals surface area (Å²) in [5, 5.41) is 17.7. The van der Waals surface area contributed by atoms with E-state index in [0.29, 0.717) is 11.8 Å². The number of likely N-dealkylation sites (tertiary alicyclic amines) is 2. The van der Waals surface area contributed by atoms with Crippen LogP contribution in [0.1, 0.15) is 53.1 Å². The van der Waals surface area contributed by atoms with Gasteiger partial charge in [-0.1, -0.05) is 48.5 Å². The van der Waals surface area contributed by atoms with Gasteiger partial charge in [0.1, 0.15) is 5.82 Å². The van der Waals surface area contributed by atoms with Gasteiger partial charge in [0, 0.05) is 44.2 Å². The maximum Gasteiger partial charge on any atom is 0.254 e. The van der Waals surface area contributed by atoms with Crippen molar-refractivity contribution >= 4 is 28.0 Å². The van der Waals surface area contributed by atoms with E-state index in [1.54, 1.807) is 11.3 Å². The molecule has 6 heteroatoms. The number of carbonyl (C=O) groups excluding carboxylic acids is 1. The van der Waals surface area contributed by atoms with E-state index >= 15 is 0 Å². The second kappa shape index (κ2) is 11.8. The molecule has 0 spiro atoms. The minimum Gasteiger partial charge on any atom is -0.390 e. The monoisotopic (exact) mass is 556 g/mol. The zero-order chi connectivity index (χ0) is 27.5. The molecule has 0 aliphatic carbocycles. The van der Waals surface area contributed by atoms with Gasteiger partial charge in [-0.3, -0.25) is 4.79 Å². The first kappa shape index (κ1) is 27.1. The fourth-order valence-corrected chi connectivity index (χ4v) is 7.40. The molecule has 3 heterocycles. The number of hydrogen-bond acceptors (Lipinski definition) is 4. The van der Waals surface area contributed by atoms with Crippen LogP contribution in [0.25, 0.3) is 10.8 Å². The Morgan fingerprint density at radius 2 is 1.75 bits per heavy atom. The summed E-state index contributed by atoms with van der Waals surface area (Å²) in [5.74, 6) is 0.591. The highest BCUT2D eigenvalue weighted by atomic mass is 32.1. The van der Waals surface area contributed by atoms with E-state index in [4.69, 9.17) is 0 Å². The maximum absolute atomic E-state index is 13.8. The molecule has 2 fully saturated rings. The van der Waals surface area contributed by atoms with Crippen LogP contribution in [-0.2, 0) is 6.42 Å². The number of fused-ring (bicyclic) bond motifs is 1. The van der Waals surface area contributed by atoms with Crippen molar-refractivity contribution in [2.45, 2.75) is 43.6 Å². The number of rotatable bonds is 8. The molecule has 1 N–H and O–H groups in total. The van der Waals surface area contributed by atoms with Crippen molar-refractivity contribution in [3.05, 3.63) is 106 Å². The molecule has 2 saturated heterocycles. The Balaban J connectivity index is 1.08. The zero-order valence-electron chi connectivity index (χ0n) is 22.8. The van der Waals surface area contributed by atoms with Crippen LogP contribution in [0.15, 0.2) is 83.6 Å². The number of hydrogen-bond donors (Lipinski definition) is 1. The molecule has 4 nitrogen and oxygen atoms in total. The van der Waals surface area contributed by atoms with Gasteiger partial charge in [0.2, 0.25) is 0 Å². The Kier molecular flexibility index (Phi) is 8.01. The lowest BCUT2D eigenvalue weighted by Gasteiger charge is -2.39. The molecule has 1 aromatic heterocycles. The molecule has 4 aromatic rings. The highest BCUT2D eigenvalue weighted by Gasteiger charge is 2.39. The van der Waals surface area contributed by atoms with Gasteiger partial charge in [-0.05, 0) is 94.9 Å². The van der Waals surface area contributed by atoms with Crippen LogP contribution in [0.5, 0.6) is 0 Å². The van der Waals surface area contributed by atoms with Gasteiger partial charge in [0.25, 0.3) is 5.91 Å². The van der Waals surface area contributed by atoms with Gasteiger partial charge in [-0.25, -0.2) is 4.39 Å². The van der Waals surface area contributed by atoms with E-state index in [2.05, 4.69) is 38.8 Å². The third-order valence-electron chi connectivity index (χ3n) is 9.02. The van der Waals surface area contributed by atoms with Crippen LogP contribution in [0.3, 0.4) is 0 Å². The first-order chi connectivity index (χ1) is 19.5. The number of carbonyl (C=O) groups is 1. The Morgan fingerprint density at radius 3 is 2.52 bits per heavy atom. The summed E-state index contributed by atoms with van der Waals surface area (Å²) in [6, 6.07) is 23.0. The van der Waals surface area contributed by atoms with Gasteiger partial charge < -0.3 is 14.9 Å². The number of piperidine rings is 1. The van der Waals surface area contributed by atoms with Crippen molar-refractivity contribution in [2.24, 2.45) is 5.92 Å². The van der Waals surface area contributed by atoms with Crippen molar-refractivity contribution < 1.29 is 14.3 Å². The molecule has 2 atom stereocenters. The van der Waals surface area contributed by atoms with Gasteiger partial charge >= 0.3 is 0 Å². The van der Waals surface area contributed by atoms with Gasteiger partial charge in [-0.2, -0.15) is 11.3 Å². The van der Waals surface area contributed by atoms with E-state index in [9.17, 15) is 14.3 Å². The summed E-state index contributed by atoms with van der Waals surface area (Å²) in [6.45, 7) is 4.17. The number of amides is 1. The Labute approximate surface area is 240 Å². The summed E-state index contributed by atoms with van der Waals surface area (Å²) >= 11 is 1.72. The fraction of sp³-hybridized carbons (Fsp3) is 0.382. The average Bonchev–Trinajstić information content (AvgIpc) is 3.65. The fourth-order valence-electron chi connectivity index (χ4n) is 6.67. The SMILES string of the molecule is O=C(c1cccc2ccccc12)N1CC(CN2CCC(O)(CCCc3ccc(F)cc3)CC2)C(c2ccsc2)C1. The van der Waals surface area contributed by atoms with Crippen molar-refractivity contribution in [1.82, 2.24) is 9.80 Å². The number of aryl methyl sites for hydroxylation is 1. The molecule has 208 valence electrons. The van der Waals surface area contributed by atoms with Gasteiger partial charge in [0.15, 0.2) is 0 Å². The molecule has 2 aliphatic rings. The molecule has 0 saturated carbocycles. The van der Waals surface area contributed by atoms with E-state index in [1.165, 1.54) is 17.7 Å². The lowest BCUT2D eigenvalue weighted by atomic mass is 9.84. The van der Waals surface area contributed by atoms with Crippen molar-refractivity contribution in [3.63, 3.8) is 0 Å². The first-order valence-corrected chi connectivity index (χ1v) is 15.4. The summed E-state index contributed by atoms with van der Waals surface area (Å²) in [4.78, 5) is 18.3. The molecule has 0 bridgehead atoms. The van der Waals surface area contributed by atoms with Crippen LogP contribution in [-0.4, -0.2) is 59.1 Å². The number of aliphatic hydroxyl groups is 1. The van der Waals surface area contributed by atoms with Crippen LogP contribution >= 0.6 is 11.3 Å². The summed E-state index contributed by atoms with van der Waals surface area (Å²) in [5.41, 5.74) is 2.60. The summed E-state index contributed by atoms with van der Waals surface area (Å²) in [7, 11) is 0. The maximum atomic E-state index is 13.8. The molecular weight excluding hydrogens is 519 g/mol. The zero-order valence-corrected chi connectivity index (χ0v) is 23.7. The molecule has 1 amide bonds. The van der Waals surface area contributed by atoms with E-state index in [0.717, 1.165) is 86.7 Å². The van der Waals surface area contributed by atoms with Crippen LogP contribution in [0.2, 0.25) is 0 Å². The number of halogens is 1. The molecule has 6 rings (SSSR count). The van der Waals surface area contributed by atoms with E-state index in [-0.39, 0.29) is 11.7 Å². The Bertz CT molecular complexity index is 1420. The molecule has 2 aliphatic heterocycles. The molecule has 0 radical (unpaired) electrons. The average molecular weight is 557 g/mol. The predicted octanol–water partition coefficient (Wildman–Crippen LogP) is 6.75. The summed E-state index contributed by atoms with van der Waals surface area (Å²) < 4.78 is 13.2. The van der Waals surface area contributed by atoms with Gasteiger partial charge in [0.05, 0.1) is 5.60 Å². The largest absolute Gasteiger partial charge is 0.390 e. The van der Waals surface area contributed by atoms with Crippen LogP contribution < -0.4 is 0 Å². The minimum atomic E-state index is -0.630. The van der Waals surface area contributed by atoms with E-state index in [1.807, 2.05) is 42.5 Å². The smallest absolute Gasteiger partial charge is 0.254 e. The second-order valence-corrected chi connectivity index (χ2v) is 12.4. The first-order valence-electron chi connectivity index (χ1n) is 14.5.